The van der Waals surface area contributed by atoms with Gasteiger partial charge in [-0.2, -0.15) is 0 Å². The summed E-state index contributed by atoms with van der Waals surface area (Å²) in [5.74, 6) is 2.29. The highest BCUT2D eigenvalue weighted by Gasteiger charge is 2.03. The lowest BCUT2D eigenvalue weighted by atomic mass is 10.1. The molecule has 0 saturated heterocycles. The summed E-state index contributed by atoms with van der Waals surface area (Å²) in [5, 5.41) is 0. The van der Waals surface area contributed by atoms with E-state index in [1.807, 2.05) is 6.07 Å². The van der Waals surface area contributed by atoms with Crippen molar-refractivity contribution in [2.45, 2.75) is 0 Å². The van der Waals surface area contributed by atoms with Gasteiger partial charge in [0.25, 0.3) is 0 Å². The molecular weight excluding hydrogens is 189 g/mol. The van der Waals surface area contributed by atoms with E-state index in [9.17, 15) is 4.39 Å². The third-order valence-corrected chi connectivity index (χ3v) is 2.08. The van der Waals surface area contributed by atoms with Crippen LogP contribution < -0.4 is 0 Å². The van der Waals surface area contributed by atoms with Crippen molar-refractivity contribution in [3.05, 3.63) is 54.0 Å². The molecule has 2 heteroatoms. The van der Waals surface area contributed by atoms with E-state index in [2.05, 4.69) is 10.9 Å². The lowest BCUT2D eigenvalue weighted by Gasteiger charge is -2.02. The van der Waals surface area contributed by atoms with Gasteiger partial charge in [-0.15, -0.1) is 6.42 Å². The van der Waals surface area contributed by atoms with Crippen LogP contribution in [0.2, 0.25) is 0 Å². The summed E-state index contributed by atoms with van der Waals surface area (Å²) >= 11 is 0. The molecule has 2 aromatic rings. The van der Waals surface area contributed by atoms with E-state index in [1.54, 1.807) is 24.4 Å². The van der Waals surface area contributed by atoms with Crippen LogP contribution in [0.4, 0.5) is 4.39 Å². The zero-order valence-electron chi connectivity index (χ0n) is 7.94. The summed E-state index contributed by atoms with van der Waals surface area (Å²) in [4.78, 5) is 4.18. The molecule has 1 heterocycles. The van der Waals surface area contributed by atoms with E-state index in [1.165, 1.54) is 12.1 Å². The Balaban J connectivity index is 2.55. The first kappa shape index (κ1) is 9.42. The number of rotatable bonds is 1. The monoisotopic (exact) mass is 197 g/mol. The average Bonchev–Trinajstić information content (AvgIpc) is 2.30. The van der Waals surface area contributed by atoms with Gasteiger partial charge in [-0.1, -0.05) is 5.92 Å². The summed E-state index contributed by atoms with van der Waals surface area (Å²) in [5.41, 5.74) is 2.24. The Labute approximate surface area is 87.6 Å². The molecule has 0 radical (unpaired) electrons. The van der Waals surface area contributed by atoms with Gasteiger partial charge in [-0.05, 0) is 36.4 Å². The lowest BCUT2D eigenvalue weighted by molar-refractivity contribution is 0.628. The molecular formula is C13H8FN. The molecule has 1 aromatic carbocycles. The number of nitrogens with zero attached hydrogens (tertiary/aromatic N) is 1. The highest BCUT2D eigenvalue weighted by molar-refractivity contribution is 5.66. The van der Waals surface area contributed by atoms with Crippen molar-refractivity contribution in [2.75, 3.05) is 0 Å². The third-order valence-electron chi connectivity index (χ3n) is 2.08. The number of hydrogen-bond acceptors (Lipinski definition) is 1. The topological polar surface area (TPSA) is 12.9 Å². The van der Waals surface area contributed by atoms with Crippen molar-refractivity contribution in [2.24, 2.45) is 0 Å². The largest absolute Gasteiger partial charge is 0.255 e. The molecule has 0 aliphatic rings. The SMILES string of the molecule is C#Cc1cccnc1-c1ccc(F)cc1. The number of benzene rings is 1. The number of hydrogen-bond donors (Lipinski definition) is 0. The Morgan fingerprint density at radius 3 is 2.53 bits per heavy atom. The van der Waals surface area contributed by atoms with E-state index in [4.69, 9.17) is 6.42 Å². The van der Waals surface area contributed by atoms with Gasteiger partial charge in [0.1, 0.15) is 5.82 Å². The Kier molecular flexibility index (Phi) is 2.47. The predicted molar refractivity (Wildman–Crippen MR) is 57.6 cm³/mol. The minimum absolute atomic E-state index is 0.267. The second-order valence-electron chi connectivity index (χ2n) is 3.05. The Morgan fingerprint density at radius 1 is 1.13 bits per heavy atom. The summed E-state index contributed by atoms with van der Waals surface area (Å²) < 4.78 is 12.7. The molecule has 0 spiro atoms. The maximum atomic E-state index is 12.7. The number of pyridine rings is 1. The standard InChI is InChI=1S/C13H8FN/c1-2-10-4-3-9-15-13(10)11-5-7-12(14)8-6-11/h1,3-9H. The Bertz CT molecular complexity index is 509. The van der Waals surface area contributed by atoms with Crippen molar-refractivity contribution in [3.63, 3.8) is 0 Å². The molecule has 0 aliphatic carbocycles. The maximum Gasteiger partial charge on any atom is 0.123 e. The zero-order valence-corrected chi connectivity index (χ0v) is 7.94. The minimum atomic E-state index is -0.267. The molecule has 0 saturated carbocycles. The first-order valence-electron chi connectivity index (χ1n) is 4.49. The van der Waals surface area contributed by atoms with Crippen LogP contribution in [-0.4, -0.2) is 4.98 Å². The molecule has 0 bridgehead atoms. The first-order valence-corrected chi connectivity index (χ1v) is 4.49. The second-order valence-corrected chi connectivity index (χ2v) is 3.05. The Morgan fingerprint density at radius 2 is 1.87 bits per heavy atom. The Hall–Kier alpha value is -2.14. The number of halogens is 1. The molecule has 2 rings (SSSR count). The molecule has 15 heavy (non-hydrogen) atoms. The normalized spacial score (nSPS) is 9.60. The van der Waals surface area contributed by atoms with E-state index < -0.39 is 0 Å². The predicted octanol–water partition coefficient (Wildman–Crippen LogP) is 2.87. The molecule has 0 fully saturated rings. The molecule has 0 amide bonds. The smallest absolute Gasteiger partial charge is 0.123 e. The van der Waals surface area contributed by atoms with Crippen molar-refractivity contribution >= 4 is 0 Å². The van der Waals surface area contributed by atoms with Gasteiger partial charge in [-0.25, -0.2) is 4.39 Å². The van der Waals surface area contributed by atoms with E-state index in [0.717, 1.165) is 5.56 Å². The van der Waals surface area contributed by atoms with Crippen LogP contribution in [0, 0.1) is 18.2 Å². The van der Waals surface area contributed by atoms with E-state index >= 15 is 0 Å². The number of terminal acetylenes is 1. The average molecular weight is 197 g/mol. The summed E-state index contributed by atoms with van der Waals surface area (Å²) in [6.45, 7) is 0. The minimum Gasteiger partial charge on any atom is -0.255 e. The van der Waals surface area contributed by atoms with Gasteiger partial charge in [-0.3, -0.25) is 4.98 Å². The fourth-order valence-corrected chi connectivity index (χ4v) is 1.36. The van der Waals surface area contributed by atoms with Crippen LogP contribution in [-0.2, 0) is 0 Å². The van der Waals surface area contributed by atoms with Crippen LogP contribution in [0.1, 0.15) is 5.56 Å². The van der Waals surface area contributed by atoms with Crippen LogP contribution in [0.3, 0.4) is 0 Å². The molecule has 72 valence electrons. The molecule has 1 aromatic heterocycles. The van der Waals surface area contributed by atoms with Crippen molar-refractivity contribution in [1.29, 1.82) is 0 Å². The quantitative estimate of drug-likeness (QED) is 0.640. The maximum absolute atomic E-state index is 12.7. The van der Waals surface area contributed by atoms with Gasteiger partial charge in [0.2, 0.25) is 0 Å². The van der Waals surface area contributed by atoms with E-state index in [0.29, 0.717) is 11.3 Å². The van der Waals surface area contributed by atoms with Crippen LogP contribution in [0.15, 0.2) is 42.6 Å². The molecule has 1 nitrogen and oxygen atoms in total. The van der Waals surface area contributed by atoms with Gasteiger partial charge in [0.05, 0.1) is 11.3 Å². The fraction of sp³-hybridized carbons (Fsp3) is 0. The molecule has 0 atom stereocenters. The van der Waals surface area contributed by atoms with Crippen LogP contribution in [0.5, 0.6) is 0 Å². The fourth-order valence-electron chi connectivity index (χ4n) is 1.36. The van der Waals surface area contributed by atoms with E-state index in [-0.39, 0.29) is 5.82 Å². The van der Waals surface area contributed by atoms with Crippen LogP contribution >= 0.6 is 0 Å². The number of aromatic nitrogens is 1. The zero-order chi connectivity index (χ0) is 10.7. The molecule has 0 unspecified atom stereocenters. The van der Waals surface area contributed by atoms with Gasteiger partial charge < -0.3 is 0 Å². The third kappa shape index (κ3) is 1.87. The van der Waals surface area contributed by atoms with Gasteiger partial charge >= 0.3 is 0 Å². The molecule has 0 aliphatic heterocycles. The first-order chi connectivity index (χ1) is 7.31. The van der Waals surface area contributed by atoms with Crippen molar-refractivity contribution in [3.8, 4) is 23.6 Å². The van der Waals surface area contributed by atoms with Crippen LogP contribution in [0.25, 0.3) is 11.3 Å². The highest BCUT2D eigenvalue weighted by atomic mass is 19.1. The van der Waals surface area contributed by atoms with Gasteiger partial charge in [0.15, 0.2) is 0 Å². The highest BCUT2D eigenvalue weighted by Crippen LogP contribution is 2.20. The summed E-state index contributed by atoms with van der Waals surface area (Å²) in [6.07, 6.45) is 7.02. The second kappa shape index (κ2) is 3.93. The summed E-state index contributed by atoms with van der Waals surface area (Å²) in [7, 11) is 0. The van der Waals surface area contributed by atoms with Crippen molar-refractivity contribution in [1.82, 2.24) is 4.98 Å². The van der Waals surface area contributed by atoms with Crippen molar-refractivity contribution < 1.29 is 4.39 Å². The lowest BCUT2D eigenvalue weighted by Crippen LogP contribution is -1.88. The van der Waals surface area contributed by atoms with Gasteiger partial charge in [0, 0.05) is 11.8 Å². The summed E-state index contributed by atoms with van der Waals surface area (Å²) in [6, 6.07) is 9.71. The molecule has 0 N–H and O–H groups in total.